The predicted molar refractivity (Wildman–Crippen MR) is 38.4 cm³/mol. The van der Waals surface area contributed by atoms with E-state index in [1.165, 1.54) is 6.07 Å². The number of nitrogens with zero attached hydrogens (tertiary/aromatic N) is 1. The molecule has 0 unspecified atom stereocenters. The number of anilines is 1. The molecule has 0 aliphatic carbocycles. The summed E-state index contributed by atoms with van der Waals surface area (Å²) in [6.45, 7) is -1.01. The molecule has 0 amide bonds. The molecule has 0 aromatic carbocycles. The van der Waals surface area contributed by atoms with Gasteiger partial charge in [-0.2, -0.15) is 0 Å². The fourth-order valence-corrected chi connectivity index (χ4v) is 0.858. The van der Waals surface area contributed by atoms with Crippen molar-refractivity contribution < 1.29 is 13.2 Å². The van der Waals surface area contributed by atoms with Crippen LogP contribution in [0.25, 0.3) is 0 Å². The van der Waals surface area contributed by atoms with E-state index < -0.39 is 18.8 Å². The van der Waals surface area contributed by atoms with Crippen LogP contribution < -0.4 is 5.73 Å². The van der Waals surface area contributed by atoms with Crippen molar-refractivity contribution in [1.29, 1.82) is 0 Å². The van der Waals surface area contributed by atoms with Gasteiger partial charge in [0.25, 0.3) is 6.43 Å². The zero-order valence-corrected chi connectivity index (χ0v) is 6.10. The van der Waals surface area contributed by atoms with Gasteiger partial charge in [-0.3, -0.25) is 4.98 Å². The van der Waals surface area contributed by atoms with Gasteiger partial charge >= 0.3 is 0 Å². The molecule has 0 spiro atoms. The quantitative estimate of drug-likeness (QED) is 0.749. The molecule has 2 nitrogen and oxygen atoms in total. The minimum atomic E-state index is -2.78. The van der Waals surface area contributed by atoms with Crippen LogP contribution in [-0.2, 0) is 6.67 Å². The Labute approximate surface area is 67.2 Å². The monoisotopic (exact) mass is 176 g/mol. The Morgan fingerprint density at radius 1 is 1.50 bits per heavy atom. The highest BCUT2D eigenvalue weighted by Crippen LogP contribution is 2.24. The van der Waals surface area contributed by atoms with Gasteiger partial charge in [0.05, 0.1) is 0 Å². The predicted octanol–water partition coefficient (Wildman–Crippen LogP) is 2.07. The normalized spacial score (nSPS) is 10.7. The summed E-state index contributed by atoms with van der Waals surface area (Å²) in [5, 5.41) is 0. The average molecular weight is 176 g/mol. The molecule has 1 heterocycles. The van der Waals surface area contributed by atoms with Crippen LogP contribution in [0.3, 0.4) is 0 Å². The van der Waals surface area contributed by atoms with Crippen LogP contribution in [0.5, 0.6) is 0 Å². The Hall–Kier alpha value is -1.26. The summed E-state index contributed by atoms with van der Waals surface area (Å²) in [5.74, 6) is 0. The highest BCUT2D eigenvalue weighted by Gasteiger charge is 2.15. The number of nitrogens with two attached hydrogens (primary N) is 1. The first-order valence-electron chi connectivity index (χ1n) is 3.24. The van der Waals surface area contributed by atoms with Gasteiger partial charge in [0.15, 0.2) is 0 Å². The van der Waals surface area contributed by atoms with Gasteiger partial charge in [-0.15, -0.1) is 0 Å². The van der Waals surface area contributed by atoms with E-state index in [1.807, 2.05) is 0 Å². The lowest BCUT2D eigenvalue weighted by atomic mass is 10.2. The third-order valence-electron chi connectivity index (χ3n) is 1.47. The molecule has 0 fully saturated rings. The number of hydrogen-bond acceptors (Lipinski definition) is 2. The Bertz CT molecular complexity index is 275. The van der Waals surface area contributed by atoms with Crippen molar-refractivity contribution in [3.8, 4) is 0 Å². The second-order valence-electron chi connectivity index (χ2n) is 2.20. The Morgan fingerprint density at radius 3 is 2.58 bits per heavy atom. The maximum Gasteiger partial charge on any atom is 0.280 e. The summed E-state index contributed by atoms with van der Waals surface area (Å²) in [6.07, 6.45) is -1.64. The van der Waals surface area contributed by atoms with Crippen molar-refractivity contribution in [2.24, 2.45) is 0 Å². The summed E-state index contributed by atoms with van der Waals surface area (Å²) in [6, 6.07) is 1.29. The topological polar surface area (TPSA) is 38.9 Å². The Kier molecular flexibility index (Phi) is 2.52. The first-order valence-corrected chi connectivity index (χ1v) is 3.24. The summed E-state index contributed by atoms with van der Waals surface area (Å²) >= 11 is 0. The maximum atomic E-state index is 12.2. The van der Waals surface area contributed by atoms with Crippen molar-refractivity contribution in [3.05, 3.63) is 23.5 Å². The van der Waals surface area contributed by atoms with E-state index in [0.717, 1.165) is 6.20 Å². The Morgan fingerprint density at radius 2 is 2.17 bits per heavy atom. The van der Waals surface area contributed by atoms with E-state index in [2.05, 4.69) is 4.98 Å². The number of hydrogen-bond donors (Lipinski definition) is 1. The first-order chi connectivity index (χ1) is 5.66. The molecular formula is C7H7F3N2. The molecule has 66 valence electrons. The maximum absolute atomic E-state index is 12.2. The highest BCUT2D eigenvalue weighted by atomic mass is 19.3. The average Bonchev–Trinajstić information content (AvgIpc) is 2.03. The molecule has 2 N–H and O–H groups in total. The Balaban J connectivity index is 3.18. The molecule has 0 aliphatic heterocycles. The van der Waals surface area contributed by atoms with Crippen LogP contribution in [0.15, 0.2) is 12.3 Å². The molecule has 1 rings (SSSR count). The summed E-state index contributed by atoms with van der Waals surface area (Å²) < 4.78 is 36.4. The highest BCUT2D eigenvalue weighted by molar-refractivity contribution is 5.47. The smallest absolute Gasteiger partial charge is 0.280 e. The van der Waals surface area contributed by atoms with Crippen molar-refractivity contribution in [3.63, 3.8) is 0 Å². The second-order valence-corrected chi connectivity index (χ2v) is 2.20. The number of rotatable bonds is 2. The minimum Gasteiger partial charge on any atom is -0.398 e. The van der Waals surface area contributed by atoms with Crippen LogP contribution in [0.2, 0.25) is 0 Å². The number of halogens is 3. The van der Waals surface area contributed by atoms with Crippen LogP contribution in [0.1, 0.15) is 17.7 Å². The molecule has 12 heavy (non-hydrogen) atoms. The molecule has 0 atom stereocenters. The summed E-state index contributed by atoms with van der Waals surface area (Å²) in [7, 11) is 0. The molecule has 0 radical (unpaired) electrons. The SMILES string of the molecule is Nc1ccnc(C(F)F)c1CF. The van der Waals surface area contributed by atoms with Crippen molar-refractivity contribution in [2.75, 3.05) is 5.73 Å². The lowest BCUT2D eigenvalue weighted by Crippen LogP contribution is -2.01. The van der Waals surface area contributed by atoms with Crippen LogP contribution in [0.4, 0.5) is 18.9 Å². The van der Waals surface area contributed by atoms with Gasteiger partial charge in [-0.05, 0) is 6.07 Å². The van der Waals surface area contributed by atoms with E-state index >= 15 is 0 Å². The number of nitrogen functional groups attached to an aromatic ring is 1. The molecule has 0 bridgehead atoms. The van der Waals surface area contributed by atoms with Gasteiger partial charge in [0, 0.05) is 17.4 Å². The van der Waals surface area contributed by atoms with Gasteiger partial charge in [0.1, 0.15) is 12.4 Å². The molecule has 0 aliphatic rings. The number of aromatic nitrogens is 1. The van der Waals surface area contributed by atoms with E-state index in [4.69, 9.17) is 5.73 Å². The van der Waals surface area contributed by atoms with Crippen molar-refractivity contribution in [2.45, 2.75) is 13.1 Å². The third-order valence-corrected chi connectivity index (χ3v) is 1.47. The van der Waals surface area contributed by atoms with Crippen molar-refractivity contribution in [1.82, 2.24) is 4.98 Å². The van der Waals surface area contributed by atoms with Crippen LogP contribution >= 0.6 is 0 Å². The minimum absolute atomic E-state index is 0.0165. The fraction of sp³-hybridized carbons (Fsp3) is 0.286. The van der Waals surface area contributed by atoms with E-state index in [1.54, 1.807) is 0 Å². The van der Waals surface area contributed by atoms with Gasteiger partial charge in [-0.25, -0.2) is 13.2 Å². The molecule has 1 aromatic heterocycles. The van der Waals surface area contributed by atoms with Gasteiger partial charge in [-0.1, -0.05) is 0 Å². The zero-order chi connectivity index (χ0) is 9.14. The first kappa shape index (κ1) is 8.83. The molecule has 0 saturated heterocycles. The number of pyridine rings is 1. The lowest BCUT2D eigenvalue weighted by molar-refractivity contribution is 0.144. The number of alkyl halides is 3. The third kappa shape index (κ3) is 1.49. The molecular weight excluding hydrogens is 169 g/mol. The largest absolute Gasteiger partial charge is 0.398 e. The van der Waals surface area contributed by atoms with Crippen LogP contribution in [-0.4, -0.2) is 4.98 Å². The fourth-order valence-electron chi connectivity index (χ4n) is 0.858. The standard InChI is InChI=1S/C7H7F3N2/c8-3-4-5(11)1-2-12-6(4)7(9)10/h1-2,7H,3H2,(H2,11,12). The summed E-state index contributed by atoms with van der Waals surface area (Å²) in [5.41, 5.74) is 4.49. The van der Waals surface area contributed by atoms with Crippen LogP contribution in [0, 0.1) is 0 Å². The zero-order valence-electron chi connectivity index (χ0n) is 6.10. The molecule has 1 aromatic rings. The van der Waals surface area contributed by atoms with Gasteiger partial charge in [0.2, 0.25) is 0 Å². The summed E-state index contributed by atoms with van der Waals surface area (Å²) in [4.78, 5) is 3.34. The van der Waals surface area contributed by atoms with E-state index in [9.17, 15) is 13.2 Å². The second kappa shape index (κ2) is 3.42. The van der Waals surface area contributed by atoms with Crippen molar-refractivity contribution >= 4 is 5.69 Å². The van der Waals surface area contributed by atoms with Gasteiger partial charge < -0.3 is 5.73 Å². The molecule has 5 heteroatoms. The lowest BCUT2D eigenvalue weighted by Gasteiger charge is -2.06. The van der Waals surface area contributed by atoms with E-state index in [0.29, 0.717) is 0 Å². The molecule has 0 saturated carbocycles. The van der Waals surface area contributed by atoms with E-state index in [-0.39, 0.29) is 11.3 Å².